The molecular weight excluding hydrogens is 484 g/mol. The van der Waals surface area contributed by atoms with Gasteiger partial charge in [0, 0.05) is 45.5 Å². The molecule has 0 unspecified atom stereocenters. The Labute approximate surface area is 181 Å². The lowest BCUT2D eigenvalue weighted by Gasteiger charge is -2.13. The molecule has 148 valence electrons. The fraction of sp³-hybridized carbons (Fsp3) is 0.316. The second-order valence-corrected chi connectivity index (χ2v) is 5.93. The lowest BCUT2D eigenvalue weighted by molar-refractivity contribution is 0.172. The van der Waals surface area contributed by atoms with Gasteiger partial charge in [-0.2, -0.15) is 0 Å². The standard InChI is InChI=1S/C19H23ClFN3O2.HI/c1-22-19(23-13-14-7-8-18(21)17(20)11-14)24-15-5-3-6-16(12-15)26-10-4-9-25-2;/h3,5-8,11-12H,4,9-10,13H2,1-2H3,(H2,22,23,24);1H. The maximum atomic E-state index is 13.2. The molecule has 0 radical (unpaired) electrons. The Balaban J connectivity index is 0.00000364. The summed E-state index contributed by atoms with van der Waals surface area (Å²) in [5.41, 5.74) is 1.70. The van der Waals surface area contributed by atoms with E-state index in [4.69, 9.17) is 21.1 Å². The Morgan fingerprint density at radius 2 is 2.00 bits per heavy atom. The molecule has 2 rings (SSSR count). The Hall–Kier alpha value is -1.58. The number of nitrogens with zero attached hydrogens (tertiary/aromatic N) is 1. The molecule has 8 heteroatoms. The van der Waals surface area contributed by atoms with Gasteiger partial charge in [0.05, 0.1) is 11.6 Å². The molecule has 0 aliphatic heterocycles. The highest BCUT2D eigenvalue weighted by molar-refractivity contribution is 14.0. The van der Waals surface area contributed by atoms with E-state index in [2.05, 4.69) is 15.6 Å². The average molecular weight is 508 g/mol. The molecule has 0 fully saturated rings. The van der Waals surface area contributed by atoms with E-state index in [1.807, 2.05) is 24.3 Å². The molecule has 0 saturated heterocycles. The van der Waals surface area contributed by atoms with Crippen molar-refractivity contribution in [3.63, 3.8) is 0 Å². The molecule has 0 heterocycles. The first-order valence-electron chi connectivity index (χ1n) is 8.26. The van der Waals surface area contributed by atoms with E-state index in [9.17, 15) is 4.39 Å². The molecule has 0 aromatic heterocycles. The zero-order valence-corrected chi connectivity index (χ0v) is 18.4. The SMILES string of the molecule is CN=C(NCc1ccc(F)c(Cl)c1)Nc1cccc(OCCCOC)c1.I. The van der Waals surface area contributed by atoms with Crippen molar-refractivity contribution in [2.75, 3.05) is 32.7 Å². The van der Waals surface area contributed by atoms with Gasteiger partial charge in [-0.1, -0.05) is 23.7 Å². The molecule has 27 heavy (non-hydrogen) atoms. The van der Waals surface area contributed by atoms with Crippen molar-refractivity contribution >= 4 is 47.2 Å². The minimum absolute atomic E-state index is 0. The van der Waals surface area contributed by atoms with Crippen molar-refractivity contribution in [3.05, 3.63) is 58.9 Å². The number of rotatable bonds is 8. The van der Waals surface area contributed by atoms with Gasteiger partial charge in [-0.15, -0.1) is 24.0 Å². The summed E-state index contributed by atoms with van der Waals surface area (Å²) in [4.78, 5) is 4.18. The van der Waals surface area contributed by atoms with Crippen LogP contribution in [0.3, 0.4) is 0 Å². The largest absolute Gasteiger partial charge is 0.493 e. The fourth-order valence-electron chi connectivity index (χ4n) is 2.21. The van der Waals surface area contributed by atoms with Crippen LogP contribution < -0.4 is 15.4 Å². The first kappa shape index (κ1) is 23.5. The number of ether oxygens (including phenoxy) is 2. The van der Waals surface area contributed by atoms with Gasteiger partial charge in [0.1, 0.15) is 11.6 Å². The van der Waals surface area contributed by atoms with Gasteiger partial charge in [-0.05, 0) is 29.8 Å². The predicted octanol–water partition coefficient (Wildman–Crippen LogP) is 4.70. The summed E-state index contributed by atoms with van der Waals surface area (Å²) < 4.78 is 23.9. The van der Waals surface area contributed by atoms with E-state index in [0.717, 1.165) is 23.4 Å². The van der Waals surface area contributed by atoms with E-state index >= 15 is 0 Å². The number of hydrogen-bond acceptors (Lipinski definition) is 3. The van der Waals surface area contributed by atoms with Gasteiger partial charge < -0.3 is 20.1 Å². The summed E-state index contributed by atoms with van der Waals surface area (Å²) in [7, 11) is 3.35. The molecule has 0 aliphatic carbocycles. The number of aliphatic imine (C=N–C) groups is 1. The van der Waals surface area contributed by atoms with Crippen molar-refractivity contribution in [1.29, 1.82) is 0 Å². The van der Waals surface area contributed by atoms with E-state index in [0.29, 0.717) is 25.7 Å². The molecule has 5 nitrogen and oxygen atoms in total. The van der Waals surface area contributed by atoms with Crippen LogP contribution in [0.2, 0.25) is 5.02 Å². The van der Waals surface area contributed by atoms with Gasteiger partial charge >= 0.3 is 0 Å². The molecule has 2 aromatic rings. The number of methoxy groups -OCH3 is 1. The van der Waals surface area contributed by atoms with Crippen LogP contribution >= 0.6 is 35.6 Å². The van der Waals surface area contributed by atoms with Crippen molar-refractivity contribution in [1.82, 2.24) is 5.32 Å². The van der Waals surface area contributed by atoms with Gasteiger partial charge in [0.25, 0.3) is 0 Å². The Morgan fingerprint density at radius 1 is 1.19 bits per heavy atom. The predicted molar refractivity (Wildman–Crippen MR) is 119 cm³/mol. The number of hydrogen-bond donors (Lipinski definition) is 2. The van der Waals surface area contributed by atoms with Gasteiger partial charge in [-0.3, -0.25) is 4.99 Å². The third-order valence-corrected chi connectivity index (χ3v) is 3.82. The molecule has 0 spiro atoms. The van der Waals surface area contributed by atoms with Crippen LogP contribution in [0.25, 0.3) is 0 Å². The number of nitrogens with one attached hydrogen (secondary N) is 2. The molecule has 2 aromatic carbocycles. The molecule has 2 N–H and O–H groups in total. The van der Waals surface area contributed by atoms with E-state index in [1.54, 1.807) is 26.3 Å². The lowest BCUT2D eigenvalue weighted by Crippen LogP contribution is -2.30. The number of guanidine groups is 1. The van der Waals surface area contributed by atoms with E-state index in [1.165, 1.54) is 6.07 Å². The van der Waals surface area contributed by atoms with Gasteiger partial charge in [-0.25, -0.2) is 4.39 Å². The molecular formula is C19H24ClFIN3O2. The first-order valence-corrected chi connectivity index (χ1v) is 8.63. The number of anilines is 1. The second-order valence-electron chi connectivity index (χ2n) is 5.52. The summed E-state index contributed by atoms with van der Waals surface area (Å²) >= 11 is 5.80. The van der Waals surface area contributed by atoms with Crippen LogP contribution in [0.4, 0.5) is 10.1 Å². The van der Waals surface area contributed by atoms with Crippen LogP contribution in [-0.2, 0) is 11.3 Å². The van der Waals surface area contributed by atoms with E-state index < -0.39 is 5.82 Å². The van der Waals surface area contributed by atoms with Gasteiger partial charge in [0.2, 0.25) is 0 Å². The zero-order chi connectivity index (χ0) is 18.8. The summed E-state index contributed by atoms with van der Waals surface area (Å²) in [6.45, 7) is 1.73. The molecule has 0 saturated carbocycles. The molecule has 0 atom stereocenters. The minimum atomic E-state index is -0.430. The molecule has 0 aliphatic rings. The third kappa shape index (κ3) is 8.32. The summed E-state index contributed by atoms with van der Waals surface area (Å²) in [5.74, 6) is 0.925. The van der Waals surface area contributed by atoms with Crippen LogP contribution in [0, 0.1) is 5.82 Å². The third-order valence-electron chi connectivity index (χ3n) is 3.53. The van der Waals surface area contributed by atoms with Crippen molar-refractivity contribution in [3.8, 4) is 5.75 Å². The highest BCUT2D eigenvalue weighted by Crippen LogP contribution is 2.18. The fourth-order valence-corrected chi connectivity index (χ4v) is 2.41. The summed E-state index contributed by atoms with van der Waals surface area (Å²) in [6, 6.07) is 12.2. The quantitative estimate of drug-likeness (QED) is 0.235. The van der Waals surface area contributed by atoms with Crippen molar-refractivity contribution in [2.45, 2.75) is 13.0 Å². The molecule has 0 bridgehead atoms. The Morgan fingerprint density at radius 3 is 2.70 bits per heavy atom. The second kappa shape index (κ2) is 12.7. The summed E-state index contributed by atoms with van der Waals surface area (Å²) in [6.07, 6.45) is 0.831. The number of benzene rings is 2. The number of halogens is 3. The first-order chi connectivity index (χ1) is 12.6. The summed E-state index contributed by atoms with van der Waals surface area (Å²) in [5, 5.41) is 6.46. The van der Waals surface area contributed by atoms with Crippen molar-refractivity contribution < 1.29 is 13.9 Å². The Bertz CT molecular complexity index is 747. The van der Waals surface area contributed by atoms with Crippen LogP contribution in [0.5, 0.6) is 5.75 Å². The van der Waals surface area contributed by atoms with Gasteiger partial charge in [0.15, 0.2) is 5.96 Å². The minimum Gasteiger partial charge on any atom is -0.493 e. The highest BCUT2D eigenvalue weighted by atomic mass is 127. The highest BCUT2D eigenvalue weighted by Gasteiger charge is 2.04. The smallest absolute Gasteiger partial charge is 0.195 e. The topological polar surface area (TPSA) is 54.9 Å². The normalized spacial score (nSPS) is 10.9. The molecule has 0 amide bonds. The van der Waals surface area contributed by atoms with Crippen LogP contribution in [-0.4, -0.2) is 33.3 Å². The maximum absolute atomic E-state index is 13.2. The monoisotopic (exact) mass is 507 g/mol. The lowest BCUT2D eigenvalue weighted by atomic mass is 10.2. The Kier molecular flexibility index (Phi) is 11.1. The van der Waals surface area contributed by atoms with E-state index in [-0.39, 0.29) is 29.0 Å². The van der Waals surface area contributed by atoms with Crippen LogP contribution in [0.15, 0.2) is 47.5 Å². The zero-order valence-electron chi connectivity index (χ0n) is 15.3. The average Bonchev–Trinajstić information content (AvgIpc) is 2.65. The van der Waals surface area contributed by atoms with Crippen molar-refractivity contribution in [2.24, 2.45) is 4.99 Å². The maximum Gasteiger partial charge on any atom is 0.195 e. The van der Waals surface area contributed by atoms with Crippen LogP contribution in [0.1, 0.15) is 12.0 Å².